The molecule has 4 rings (SSSR count). The Morgan fingerprint density at radius 2 is 2.11 bits per heavy atom. The van der Waals surface area contributed by atoms with Crippen molar-refractivity contribution in [1.29, 1.82) is 0 Å². The van der Waals surface area contributed by atoms with E-state index in [1.807, 2.05) is 0 Å². The van der Waals surface area contributed by atoms with E-state index < -0.39 is 0 Å². The van der Waals surface area contributed by atoms with Gasteiger partial charge in [0.05, 0.1) is 5.69 Å². The quantitative estimate of drug-likeness (QED) is 0.696. The fourth-order valence-corrected chi connectivity index (χ4v) is 5.01. The van der Waals surface area contributed by atoms with E-state index in [4.69, 9.17) is 0 Å². The number of benzene rings is 1. The average molecular weight is 255 g/mol. The van der Waals surface area contributed by atoms with Crippen LogP contribution >= 0.6 is 0 Å². The molecule has 0 aromatic heterocycles. The lowest BCUT2D eigenvalue weighted by Gasteiger charge is -2.63. The summed E-state index contributed by atoms with van der Waals surface area (Å²) in [6.07, 6.45) is 4.30. The summed E-state index contributed by atoms with van der Waals surface area (Å²) in [7, 11) is 0. The van der Waals surface area contributed by atoms with E-state index >= 15 is 0 Å². The maximum atomic E-state index is 12.5. The predicted octanol–water partition coefficient (Wildman–Crippen LogP) is 3.38. The topological polar surface area (TPSA) is 20.3 Å². The number of fused-ring (bicyclic) bond motifs is 2. The van der Waals surface area contributed by atoms with E-state index in [2.05, 4.69) is 37.8 Å². The first-order valence-corrected chi connectivity index (χ1v) is 7.42. The molecular formula is C17H21NO. The number of carbonyl (C=O) groups excluding carboxylic acids is 1. The number of piperidine rings is 1. The Bertz CT molecular complexity index is 591. The molecule has 100 valence electrons. The molecule has 1 saturated carbocycles. The Hall–Kier alpha value is -1.31. The first kappa shape index (κ1) is 11.5. The molecule has 2 heterocycles. The molecule has 19 heavy (non-hydrogen) atoms. The molecule has 0 spiro atoms. The number of rotatable bonds is 0. The van der Waals surface area contributed by atoms with Crippen molar-refractivity contribution in [2.75, 3.05) is 4.90 Å². The molecule has 3 aliphatic rings. The third kappa shape index (κ3) is 1.35. The summed E-state index contributed by atoms with van der Waals surface area (Å²) < 4.78 is 0. The number of hydrogen-bond donors (Lipinski definition) is 0. The fraction of sp³-hybridized carbons (Fsp3) is 0.588. The highest BCUT2D eigenvalue weighted by Gasteiger charge is 2.59. The standard InChI is InChI=1S/C17H21NO/c1-10-6-11(2)15-13(7-10)9-17(3)8-12-4-5-14(19)18(15)16(12)17/h6-7,12,16H,4-5,8-9H2,1-3H3/t12-,16+,17+/m1/s1. The van der Waals surface area contributed by atoms with Crippen LogP contribution in [0.2, 0.25) is 0 Å². The summed E-state index contributed by atoms with van der Waals surface area (Å²) in [4.78, 5) is 14.6. The summed E-state index contributed by atoms with van der Waals surface area (Å²) in [6, 6.07) is 4.98. The minimum Gasteiger partial charge on any atom is -0.308 e. The molecule has 0 radical (unpaired) electrons. The van der Waals surface area contributed by atoms with Crippen molar-refractivity contribution in [3.8, 4) is 0 Å². The summed E-state index contributed by atoms with van der Waals surface area (Å²) in [5, 5.41) is 0. The number of aryl methyl sites for hydroxylation is 2. The molecule has 1 aliphatic carbocycles. The smallest absolute Gasteiger partial charge is 0.227 e. The second-order valence-electron chi connectivity index (χ2n) is 7.13. The maximum Gasteiger partial charge on any atom is 0.227 e. The van der Waals surface area contributed by atoms with E-state index in [1.165, 1.54) is 28.8 Å². The van der Waals surface area contributed by atoms with Crippen molar-refractivity contribution in [3.63, 3.8) is 0 Å². The molecule has 2 aliphatic heterocycles. The third-order valence-electron chi connectivity index (χ3n) is 5.52. The van der Waals surface area contributed by atoms with Gasteiger partial charge in [-0.2, -0.15) is 0 Å². The van der Waals surface area contributed by atoms with Crippen LogP contribution in [0.5, 0.6) is 0 Å². The van der Waals surface area contributed by atoms with Crippen molar-refractivity contribution in [2.24, 2.45) is 11.3 Å². The van der Waals surface area contributed by atoms with Crippen molar-refractivity contribution in [1.82, 2.24) is 0 Å². The lowest BCUT2D eigenvalue weighted by molar-refractivity contribution is -0.127. The normalized spacial score (nSPS) is 35.5. The van der Waals surface area contributed by atoms with Crippen LogP contribution in [0.4, 0.5) is 5.69 Å². The Labute approximate surface area is 114 Å². The second kappa shape index (κ2) is 3.41. The third-order valence-corrected chi connectivity index (χ3v) is 5.52. The lowest BCUT2D eigenvalue weighted by Crippen LogP contribution is -2.67. The molecule has 0 N–H and O–H groups in total. The number of nitrogens with zero attached hydrogens (tertiary/aromatic N) is 1. The van der Waals surface area contributed by atoms with E-state index in [9.17, 15) is 4.79 Å². The number of hydrogen-bond acceptors (Lipinski definition) is 1. The van der Waals surface area contributed by atoms with Crippen LogP contribution in [0.3, 0.4) is 0 Å². The first-order chi connectivity index (χ1) is 8.99. The fourth-order valence-electron chi connectivity index (χ4n) is 5.01. The van der Waals surface area contributed by atoms with E-state index in [0.29, 0.717) is 17.4 Å². The molecule has 1 amide bonds. The largest absolute Gasteiger partial charge is 0.308 e. The van der Waals surface area contributed by atoms with Gasteiger partial charge >= 0.3 is 0 Å². The number of anilines is 1. The zero-order valence-electron chi connectivity index (χ0n) is 12.0. The Morgan fingerprint density at radius 3 is 2.89 bits per heavy atom. The zero-order chi connectivity index (χ0) is 13.4. The monoisotopic (exact) mass is 255 g/mol. The van der Waals surface area contributed by atoms with E-state index in [1.54, 1.807) is 0 Å². The van der Waals surface area contributed by atoms with Crippen LogP contribution in [0.25, 0.3) is 0 Å². The van der Waals surface area contributed by atoms with Crippen LogP contribution in [-0.4, -0.2) is 11.9 Å². The van der Waals surface area contributed by atoms with Gasteiger partial charge in [-0.15, -0.1) is 0 Å². The molecule has 1 aromatic rings. The van der Waals surface area contributed by atoms with Gasteiger partial charge in [-0.05, 0) is 55.6 Å². The molecule has 0 bridgehead atoms. The summed E-state index contributed by atoms with van der Waals surface area (Å²) >= 11 is 0. The van der Waals surface area contributed by atoms with Gasteiger partial charge in [0.15, 0.2) is 0 Å². The van der Waals surface area contributed by atoms with Gasteiger partial charge in [0, 0.05) is 12.5 Å². The molecule has 0 unspecified atom stereocenters. The minimum atomic E-state index is 0.327. The van der Waals surface area contributed by atoms with Crippen molar-refractivity contribution in [2.45, 2.75) is 52.5 Å². The number of amides is 1. The second-order valence-corrected chi connectivity index (χ2v) is 7.13. The highest BCUT2D eigenvalue weighted by molar-refractivity contribution is 5.97. The highest BCUT2D eigenvalue weighted by Crippen LogP contribution is 2.59. The first-order valence-electron chi connectivity index (χ1n) is 7.42. The molecule has 2 fully saturated rings. The number of carbonyl (C=O) groups is 1. The van der Waals surface area contributed by atoms with Crippen LogP contribution in [-0.2, 0) is 11.2 Å². The van der Waals surface area contributed by atoms with Crippen molar-refractivity contribution in [3.05, 3.63) is 28.8 Å². The molecule has 3 atom stereocenters. The van der Waals surface area contributed by atoms with Gasteiger partial charge in [-0.3, -0.25) is 4.79 Å². The molecular weight excluding hydrogens is 234 g/mol. The van der Waals surface area contributed by atoms with Gasteiger partial charge in [0.2, 0.25) is 5.91 Å². The maximum absolute atomic E-state index is 12.5. The molecule has 1 aromatic carbocycles. The zero-order valence-corrected chi connectivity index (χ0v) is 12.0. The van der Waals surface area contributed by atoms with Crippen LogP contribution in [0.15, 0.2) is 12.1 Å². The van der Waals surface area contributed by atoms with Crippen LogP contribution in [0, 0.1) is 25.2 Å². The summed E-state index contributed by atoms with van der Waals surface area (Å²) in [5.74, 6) is 1.09. The van der Waals surface area contributed by atoms with Crippen LogP contribution < -0.4 is 4.90 Å². The van der Waals surface area contributed by atoms with Gasteiger partial charge in [0.25, 0.3) is 0 Å². The molecule has 2 heteroatoms. The SMILES string of the molecule is Cc1cc(C)c2c(c1)C[C@]1(C)C[C@H]3CCC(=O)N2[C@@H]31. The predicted molar refractivity (Wildman–Crippen MR) is 76.3 cm³/mol. The van der Waals surface area contributed by atoms with Gasteiger partial charge in [0.1, 0.15) is 0 Å². The van der Waals surface area contributed by atoms with Crippen LogP contribution in [0.1, 0.15) is 42.9 Å². The highest BCUT2D eigenvalue weighted by atomic mass is 16.2. The van der Waals surface area contributed by atoms with Gasteiger partial charge in [-0.1, -0.05) is 24.6 Å². The lowest BCUT2D eigenvalue weighted by atomic mass is 9.51. The van der Waals surface area contributed by atoms with E-state index in [-0.39, 0.29) is 0 Å². The Morgan fingerprint density at radius 1 is 1.32 bits per heavy atom. The van der Waals surface area contributed by atoms with Crippen molar-refractivity contribution < 1.29 is 4.79 Å². The van der Waals surface area contributed by atoms with Crippen molar-refractivity contribution >= 4 is 11.6 Å². The minimum absolute atomic E-state index is 0.327. The van der Waals surface area contributed by atoms with Gasteiger partial charge < -0.3 is 4.90 Å². The van der Waals surface area contributed by atoms with Gasteiger partial charge in [-0.25, -0.2) is 0 Å². The Kier molecular flexibility index (Phi) is 2.07. The summed E-state index contributed by atoms with van der Waals surface area (Å²) in [5.41, 5.74) is 5.55. The van der Waals surface area contributed by atoms with E-state index in [0.717, 1.165) is 25.2 Å². The Balaban J connectivity index is 1.93. The molecule has 2 nitrogen and oxygen atoms in total. The average Bonchev–Trinajstić information content (AvgIpc) is 2.29. The summed E-state index contributed by atoms with van der Waals surface area (Å²) in [6.45, 7) is 6.69. The molecule has 1 saturated heterocycles.